The van der Waals surface area contributed by atoms with Crippen LogP contribution in [0.4, 0.5) is 23.1 Å². The molecule has 8 heteroatoms. The Morgan fingerprint density at radius 3 is 2.50 bits per heavy atom. The van der Waals surface area contributed by atoms with Gasteiger partial charge in [0, 0.05) is 36.2 Å². The highest BCUT2D eigenvalue weighted by molar-refractivity contribution is 5.91. The van der Waals surface area contributed by atoms with Crippen molar-refractivity contribution >= 4 is 29.0 Å². The number of ether oxygens (including phenoxy) is 2. The number of amides is 1. The molecular weight excluding hydrogens is 406 g/mol. The van der Waals surface area contributed by atoms with E-state index in [1.54, 1.807) is 0 Å². The van der Waals surface area contributed by atoms with Gasteiger partial charge in [-0.2, -0.15) is 4.98 Å². The molecule has 1 amide bonds. The van der Waals surface area contributed by atoms with Crippen molar-refractivity contribution in [3.63, 3.8) is 0 Å². The average Bonchev–Trinajstić information content (AvgIpc) is 2.81. The Morgan fingerprint density at radius 2 is 1.75 bits per heavy atom. The van der Waals surface area contributed by atoms with Crippen molar-refractivity contribution in [3.8, 4) is 0 Å². The normalized spacial score (nSPS) is 13.6. The molecule has 1 saturated heterocycles. The van der Waals surface area contributed by atoms with Crippen molar-refractivity contribution in [3.05, 3.63) is 71.9 Å². The maximum atomic E-state index is 12.1. The third-order valence-corrected chi connectivity index (χ3v) is 4.95. The lowest BCUT2D eigenvalue weighted by molar-refractivity contribution is -0.121. The summed E-state index contributed by atoms with van der Waals surface area (Å²) in [6.45, 7) is 5.40. The van der Waals surface area contributed by atoms with Gasteiger partial charge in [0.15, 0.2) is 0 Å². The second-order valence-electron chi connectivity index (χ2n) is 7.52. The van der Waals surface area contributed by atoms with Gasteiger partial charge in [0.25, 0.3) is 0 Å². The summed E-state index contributed by atoms with van der Waals surface area (Å²) < 4.78 is 10.9. The number of hydrogen-bond acceptors (Lipinski definition) is 7. The van der Waals surface area contributed by atoms with Gasteiger partial charge in [0.2, 0.25) is 11.9 Å². The van der Waals surface area contributed by atoms with Crippen LogP contribution in [0.15, 0.2) is 60.7 Å². The number of nitrogens with one attached hydrogen (secondary N) is 2. The first-order valence-electron chi connectivity index (χ1n) is 10.6. The fourth-order valence-corrected chi connectivity index (χ4v) is 3.36. The van der Waals surface area contributed by atoms with E-state index in [9.17, 15) is 4.79 Å². The number of anilines is 4. The molecular formula is C24H27N5O3. The highest BCUT2D eigenvalue weighted by atomic mass is 16.5. The molecule has 0 saturated carbocycles. The van der Waals surface area contributed by atoms with E-state index >= 15 is 0 Å². The molecule has 1 aliphatic heterocycles. The molecule has 1 aliphatic rings. The summed E-state index contributed by atoms with van der Waals surface area (Å²) in [4.78, 5) is 23.4. The van der Waals surface area contributed by atoms with Gasteiger partial charge < -0.3 is 25.0 Å². The third kappa shape index (κ3) is 6.26. The maximum Gasteiger partial charge on any atom is 0.250 e. The molecule has 0 aliphatic carbocycles. The Morgan fingerprint density at radius 1 is 1.03 bits per heavy atom. The summed E-state index contributed by atoms with van der Waals surface area (Å²) >= 11 is 0. The van der Waals surface area contributed by atoms with Gasteiger partial charge in [0.05, 0.1) is 19.8 Å². The molecule has 0 unspecified atom stereocenters. The molecule has 0 bridgehead atoms. The monoisotopic (exact) mass is 433 g/mol. The second-order valence-corrected chi connectivity index (χ2v) is 7.52. The first-order chi connectivity index (χ1) is 15.7. The van der Waals surface area contributed by atoms with Crippen molar-refractivity contribution in [2.45, 2.75) is 13.5 Å². The van der Waals surface area contributed by atoms with Crippen LogP contribution in [0.3, 0.4) is 0 Å². The predicted molar refractivity (Wildman–Crippen MR) is 124 cm³/mol. The summed E-state index contributed by atoms with van der Waals surface area (Å²) in [6, 6.07) is 19.2. The molecule has 0 spiro atoms. The first-order valence-corrected chi connectivity index (χ1v) is 10.6. The van der Waals surface area contributed by atoms with Crippen LogP contribution in [0.5, 0.6) is 0 Å². The molecule has 2 N–H and O–H groups in total. The highest BCUT2D eigenvalue weighted by Crippen LogP contribution is 2.20. The van der Waals surface area contributed by atoms with Crippen LogP contribution in [0.2, 0.25) is 0 Å². The molecule has 2 heterocycles. The van der Waals surface area contributed by atoms with Gasteiger partial charge in [-0.25, -0.2) is 4.98 Å². The minimum Gasteiger partial charge on any atom is -0.378 e. The Bertz CT molecular complexity index is 1020. The van der Waals surface area contributed by atoms with Crippen LogP contribution in [-0.2, 0) is 20.9 Å². The topological polar surface area (TPSA) is 88.6 Å². The zero-order valence-electron chi connectivity index (χ0n) is 18.1. The molecule has 0 radical (unpaired) electrons. The number of hydrogen-bond donors (Lipinski definition) is 2. The van der Waals surface area contributed by atoms with Crippen molar-refractivity contribution in [2.24, 2.45) is 0 Å². The van der Waals surface area contributed by atoms with E-state index in [1.807, 2.05) is 67.6 Å². The van der Waals surface area contributed by atoms with Gasteiger partial charge >= 0.3 is 0 Å². The van der Waals surface area contributed by atoms with Crippen LogP contribution in [0, 0.1) is 6.92 Å². The zero-order valence-corrected chi connectivity index (χ0v) is 18.1. The van der Waals surface area contributed by atoms with Crippen LogP contribution in [0.25, 0.3) is 0 Å². The molecule has 166 valence electrons. The Balaban J connectivity index is 1.30. The van der Waals surface area contributed by atoms with E-state index < -0.39 is 0 Å². The standard InChI is InChI=1S/C24H27N5O3/c1-18-15-22(29-11-13-31-14-12-29)28-24(25-18)27-21-9-7-20(8-10-21)26-23(30)17-32-16-19-5-3-2-4-6-19/h2-10,15H,11-14,16-17H2,1H3,(H,26,30)(H,25,27,28). The second kappa shape index (κ2) is 10.7. The van der Waals surface area contributed by atoms with E-state index in [0.29, 0.717) is 31.5 Å². The summed E-state index contributed by atoms with van der Waals surface area (Å²) in [5.74, 6) is 1.24. The summed E-state index contributed by atoms with van der Waals surface area (Å²) in [7, 11) is 0. The molecule has 4 rings (SSSR count). The quantitative estimate of drug-likeness (QED) is 0.562. The summed E-state index contributed by atoms with van der Waals surface area (Å²) in [6.07, 6.45) is 0. The third-order valence-electron chi connectivity index (χ3n) is 4.95. The summed E-state index contributed by atoms with van der Waals surface area (Å²) in [5.41, 5.74) is 3.46. The predicted octanol–water partition coefficient (Wildman–Crippen LogP) is 3.52. The van der Waals surface area contributed by atoms with Crippen LogP contribution in [0.1, 0.15) is 11.3 Å². The van der Waals surface area contributed by atoms with Crippen LogP contribution < -0.4 is 15.5 Å². The number of aromatic nitrogens is 2. The van der Waals surface area contributed by atoms with Gasteiger partial charge in [-0.1, -0.05) is 30.3 Å². The van der Waals surface area contributed by atoms with Gasteiger partial charge in [-0.05, 0) is 36.8 Å². The number of benzene rings is 2. The van der Waals surface area contributed by atoms with E-state index in [-0.39, 0.29) is 12.5 Å². The number of morpholine rings is 1. The Kier molecular flexibility index (Phi) is 7.27. The van der Waals surface area contributed by atoms with Crippen molar-refractivity contribution < 1.29 is 14.3 Å². The van der Waals surface area contributed by atoms with Crippen molar-refractivity contribution in [1.29, 1.82) is 0 Å². The van der Waals surface area contributed by atoms with E-state index in [2.05, 4.69) is 25.5 Å². The SMILES string of the molecule is Cc1cc(N2CCOCC2)nc(Nc2ccc(NC(=O)COCc3ccccc3)cc2)n1. The summed E-state index contributed by atoms with van der Waals surface area (Å²) in [5, 5.41) is 6.08. The average molecular weight is 434 g/mol. The molecule has 1 aromatic heterocycles. The lowest BCUT2D eigenvalue weighted by atomic mass is 10.2. The van der Waals surface area contributed by atoms with Gasteiger partial charge in [-0.15, -0.1) is 0 Å². The maximum absolute atomic E-state index is 12.1. The number of rotatable bonds is 8. The molecule has 2 aromatic carbocycles. The molecule has 3 aromatic rings. The number of carbonyl (C=O) groups is 1. The zero-order chi connectivity index (χ0) is 22.2. The van der Waals surface area contributed by atoms with E-state index in [1.165, 1.54) is 0 Å². The van der Waals surface area contributed by atoms with E-state index in [0.717, 1.165) is 35.9 Å². The number of nitrogens with zero attached hydrogens (tertiary/aromatic N) is 3. The fraction of sp³-hybridized carbons (Fsp3) is 0.292. The molecule has 8 nitrogen and oxygen atoms in total. The largest absolute Gasteiger partial charge is 0.378 e. The van der Waals surface area contributed by atoms with Gasteiger partial charge in [0.1, 0.15) is 12.4 Å². The molecule has 1 fully saturated rings. The smallest absolute Gasteiger partial charge is 0.250 e. The van der Waals surface area contributed by atoms with Crippen molar-refractivity contribution in [1.82, 2.24) is 9.97 Å². The lowest BCUT2D eigenvalue weighted by Crippen LogP contribution is -2.36. The first kappa shape index (κ1) is 21.7. The van der Waals surface area contributed by atoms with Crippen LogP contribution in [-0.4, -0.2) is 48.8 Å². The fourth-order valence-electron chi connectivity index (χ4n) is 3.36. The van der Waals surface area contributed by atoms with Gasteiger partial charge in [-0.3, -0.25) is 4.79 Å². The Hall–Kier alpha value is -3.49. The minimum absolute atomic E-state index is 0.00363. The Labute approximate surface area is 187 Å². The lowest BCUT2D eigenvalue weighted by Gasteiger charge is -2.28. The number of carbonyl (C=O) groups excluding carboxylic acids is 1. The number of aryl methyl sites for hydroxylation is 1. The highest BCUT2D eigenvalue weighted by Gasteiger charge is 2.14. The van der Waals surface area contributed by atoms with Crippen LogP contribution >= 0.6 is 0 Å². The van der Waals surface area contributed by atoms with E-state index in [4.69, 9.17) is 9.47 Å². The minimum atomic E-state index is -0.196. The molecule has 0 atom stereocenters. The van der Waals surface area contributed by atoms with Crippen molar-refractivity contribution in [2.75, 3.05) is 48.4 Å². The molecule has 32 heavy (non-hydrogen) atoms.